The van der Waals surface area contributed by atoms with Crippen LogP contribution >= 0.6 is 12.2 Å². The fourth-order valence-electron chi connectivity index (χ4n) is 2.08. The minimum absolute atomic E-state index is 0.102. The van der Waals surface area contributed by atoms with Gasteiger partial charge in [-0.15, -0.1) is 5.10 Å². The van der Waals surface area contributed by atoms with Crippen molar-refractivity contribution in [2.45, 2.75) is 6.18 Å². The molecule has 0 aliphatic carbocycles. The van der Waals surface area contributed by atoms with Gasteiger partial charge in [0.2, 0.25) is 16.3 Å². The van der Waals surface area contributed by atoms with Crippen molar-refractivity contribution >= 4 is 12.2 Å². The summed E-state index contributed by atoms with van der Waals surface area (Å²) in [5.41, 5.74) is 0.102. The van der Waals surface area contributed by atoms with Crippen molar-refractivity contribution in [1.82, 2.24) is 14.3 Å². The summed E-state index contributed by atoms with van der Waals surface area (Å²) in [5, 5.41) is 3.45. The van der Waals surface area contributed by atoms with Crippen molar-refractivity contribution in [3.05, 3.63) is 22.7 Å². The first-order chi connectivity index (χ1) is 10.7. The SMILES string of the molecule is COc1cc(-n2c(C(F)(F)F)nn(C)c2=S)cc(OC)c1OC. The van der Waals surface area contributed by atoms with Crippen LogP contribution in [0.2, 0.25) is 0 Å². The number of methoxy groups -OCH3 is 3. The summed E-state index contributed by atoms with van der Waals surface area (Å²) in [4.78, 5) is 0. The lowest BCUT2D eigenvalue weighted by Gasteiger charge is -2.15. The van der Waals surface area contributed by atoms with Gasteiger partial charge in [-0.3, -0.25) is 4.57 Å². The molecule has 6 nitrogen and oxygen atoms in total. The Balaban J connectivity index is 2.80. The molecule has 0 atom stereocenters. The minimum atomic E-state index is -4.67. The zero-order valence-electron chi connectivity index (χ0n) is 12.8. The second kappa shape index (κ2) is 6.11. The molecule has 0 fully saturated rings. The van der Waals surface area contributed by atoms with Crippen molar-refractivity contribution in [1.29, 1.82) is 0 Å². The summed E-state index contributed by atoms with van der Waals surface area (Å²) in [6.07, 6.45) is -4.67. The van der Waals surface area contributed by atoms with Crippen LogP contribution in [0.25, 0.3) is 5.69 Å². The van der Waals surface area contributed by atoms with Crippen LogP contribution in [0.4, 0.5) is 13.2 Å². The van der Waals surface area contributed by atoms with Gasteiger partial charge < -0.3 is 14.2 Å². The molecular weight excluding hydrogens is 335 g/mol. The van der Waals surface area contributed by atoms with E-state index in [2.05, 4.69) is 5.10 Å². The highest BCUT2D eigenvalue weighted by Crippen LogP contribution is 2.40. The molecule has 1 heterocycles. The Bertz CT molecular complexity index is 758. The number of hydrogen-bond donors (Lipinski definition) is 0. The molecule has 0 N–H and O–H groups in total. The highest BCUT2D eigenvalue weighted by atomic mass is 32.1. The molecule has 0 bridgehead atoms. The van der Waals surface area contributed by atoms with Gasteiger partial charge in [-0.25, -0.2) is 4.68 Å². The van der Waals surface area contributed by atoms with Gasteiger partial charge in [-0.1, -0.05) is 0 Å². The predicted octanol–water partition coefficient (Wildman–Crippen LogP) is 2.98. The van der Waals surface area contributed by atoms with Crippen LogP contribution in [-0.2, 0) is 13.2 Å². The second-order valence-corrected chi connectivity index (χ2v) is 4.81. The van der Waals surface area contributed by atoms with Crippen LogP contribution in [0.1, 0.15) is 5.82 Å². The average Bonchev–Trinajstić information content (AvgIpc) is 2.81. The number of alkyl halides is 3. The summed E-state index contributed by atoms with van der Waals surface area (Å²) >= 11 is 5.04. The Morgan fingerprint density at radius 1 is 1.04 bits per heavy atom. The lowest BCUT2D eigenvalue weighted by Crippen LogP contribution is -2.14. The number of aryl methyl sites for hydroxylation is 1. The van der Waals surface area contributed by atoms with E-state index in [1.54, 1.807) is 0 Å². The van der Waals surface area contributed by atoms with E-state index in [1.807, 2.05) is 0 Å². The van der Waals surface area contributed by atoms with Gasteiger partial charge in [-0.2, -0.15) is 13.2 Å². The van der Waals surface area contributed by atoms with Crippen LogP contribution in [0, 0.1) is 4.77 Å². The van der Waals surface area contributed by atoms with E-state index < -0.39 is 12.0 Å². The van der Waals surface area contributed by atoms with Gasteiger partial charge in [0.1, 0.15) is 0 Å². The molecule has 10 heteroatoms. The number of rotatable bonds is 4. The number of benzene rings is 1. The maximum absolute atomic E-state index is 13.2. The summed E-state index contributed by atoms with van der Waals surface area (Å²) < 4.78 is 56.7. The number of halogens is 3. The van der Waals surface area contributed by atoms with Gasteiger partial charge in [0.15, 0.2) is 11.5 Å². The summed E-state index contributed by atoms with van der Waals surface area (Å²) in [6.45, 7) is 0. The van der Waals surface area contributed by atoms with E-state index in [-0.39, 0.29) is 27.7 Å². The van der Waals surface area contributed by atoms with E-state index in [1.165, 1.54) is 40.5 Å². The van der Waals surface area contributed by atoms with Crippen LogP contribution in [0.5, 0.6) is 17.2 Å². The predicted molar refractivity (Wildman–Crippen MR) is 78.0 cm³/mol. The Kier molecular flexibility index (Phi) is 4.55. The minimum Gasteiger partial charge on any atom is -0.493 e. The number of aromatic nitrogens is 3. The third kappa shape index (κ3) is 2.98. The number of nitrogens with zero attached hydrogens (tertiary/aromatic N) is 3. The molecule has 2 aromatic rings. The van der Waals surface area contributed by atoms with Crippen molar-refractivity contribution in [3.63, 3.8) is 0 Å². The van der Waals surface area contributed by atoms with Crippen LogP contribution in [-0.4, -0.2) is 35.7 Å². The molecule has 0 spiro atoms. The summed E-state index contributed by atoms with van der Waals surface area (Å²) in [6, 6.07) is 2.74. The molecule has 0 aliphatic rings. The fraction of sp³-hybridized carbons (Fsp3) is 0.385. The fourth-order valence-corrected chi connectivity index (χ4v) is 2.31. The molecule has 0 saturated carbocycles. The standard InChI is InChI=1S/C13H14F3N3O3S/c1-18-12(23)19(11(17-18)13(14,15)16)7-5-8(20-2)10(22-4)9(6-7)21-3/h5-6H,1-4H3. The van der Waals surface area contributed by atoms with Crippen molar-refractivity contribution in [2.75, 3.05) is 21.3 Å². The number of ether oxygens (including phenoxy) is 3. The monoisotopic (exact) mass is 349 g/mol. The molecule has 0 unspecified atom stereocenters. The van der Waals surface area contributed by atoms with Gasteiger partial charge in [0.25, 0.3) is 0 Å². The summed E-state index contributed by atoms with van der Waals surface area (Å²) in [5.74, 6) is -0.455. The normalized spacial score (nSPS) is 11.4. The topological polar surface area (TPSA) is 50.4 Å². The molecule has 1 aromatic heterocycles. The first kappa shape index (κ1) is 17.1. The molecule has 2 rings (SSSR count). The van der Waals surface area contributed by atoms with Crippen molar-refractivity contribution < 1.29 is 27.4 Å². The molecule has 0 aliphatic heterocycles. The first-order valence-electron chi connectivity index (χ1n) is 6.28. The van der Waals surface area contributed by atoms with E-state index in [4.69, 9.17) is 26.4 Å². The molecule has 23 heavy (non-hydrogen) atoms. The molecule has 0 amide bonds. The lowest BCUT2D eigenvalue weighted by molar-refractivity contribution is -0.146. The maximum atomic E-state index is 13.2. The van der Waals surface area contributed by atoms with Gasteiger partial charge in [-0.05, 0) is 12.2 Å². The van der Waals surface area contributed by atoms with E-state index >= 15 is 0 Å². The lowest BCUT2D eigenvalue weighted by atomic mass is 10.2. The summed E-state index contributed by atoms with van der Waals surface area (Å²) in [7, 11) is 5.48. The zero-order chi connectivity index (χ0) is 17.4. The van der Waals surface area contributed by atoms with Crippen molar-refractivity contribution in [2.24, 2.45) is 7.05 Å². The second-order valence-electron chi connectivity index (χ2n) is 4.45. The molecular formula is C13H14F3N3O3S. The van der Waals surface area contributed by atoms with E-state index in [9.17, 15) is 13.2 Å². The maximum Gasteiger partial charge on any atom is 0.452 e. The Morgan fingerprint density at radius 3 is 1.96 bits per heavy atom. The quantitative estimate of drug-likeness (QED) is 0.795. The van der Waals surface area contributed by atoms with Crippen LogP contribution in [0.3, 0.4) is 0 Å². The van der Waals surface area contributed by atoms with Crippen molar-refractivity contribution in [3.8, 4) is 22.9 Å². The van der Waals surface area contributed by atoms with Gasteiger partial charge in [0, 0.05) is 19.2 Å². The zero-order valence-corrected chi connectivity index (χ0v) is 13.6. The molecule has 0 saturated heterocycles. The third-order valence-corrected chi connectivity index (χ3v) is 3.53. The van der Waals surface area contributed by atoms with Crippen LogP contribution < -0.4 is 14.2 Å². The molecule has 126 valence electrons. The largest absolute Gasteiger partial charge is 0.493 e. The first-order valence-corrected chi connectivity index (χ1v) is 6.69. The third-order valence-electron chi connectivity index (χ3n) is 3.09. The highest BCUT2D eigenvalue weighted by molar-refractivity contribution is 7.71. The molecule has 0 radical (unpaired) electrons. The highest BCUT2D eigenvalue weighted by Gasteiger charge is 2.38. The smallest absolute Gasteiger partial charge is 0.452 e. The van der Waals surface area contributed by atoms with Gasteiger partial charge in [0.05, 0.1) is 27.0 Å². The Labute approximate surface area is 135 Å². The van der Waals surface area contributed by atoms with E-state index in [0.717, 1.165) is 9.25 Å². The Morgan fingerprint density at radius 2 is 1.57 bits per heavy atom. The Hall–Kier alpha value is -2.23. The van der Waals surface area contributed by atoms with Crippen LogP contribution in [0.15, 0.2) is 12.1 Å². The molecule has 1 aromatic carbocycles. The van der Waals surface area contributed by atoms with E-state index in [0.29, 0.717) is 0 Å². The van der Waals surface area contributed by atoms with Gasteiger partial charge >= 0.3 is 6.18 Å². The number of hydrogen-bond acceptors (Lipinski definition) is 5. The average molecular weight is 349 g/mol.